The molecule has 1 aromatic rings. The van der Waals surface area contributed by atoms with E-state index in [9.17, 15) is 14.4 Å². The van der Waals surface area contributed by atoms with Crippen LogP contribution >= 0.6 is 0 Å². The molecule has 0 aliphatic carbocycles. The van der Waals surface area contributed by atoms with Gasteiger partial charge in [-0.2, -0.15) is 4.98 Å². The van der Waals surface area contributed by atoms with Gasteiger partial charge in [0.25, 0.3) is 0 Å². The molecule has 110 valence electrons. The van der Waals surface area contributed by atoms with Crippen LogP contribution in [0.4, 0.5) is 4.79 Å². The number of likely N-dealkylation sites (N-methyl/N-ethyl adjacent to an activating group) is 1. The second-order valence-corrected chi connectivity index (χ2v) is 4.39. The lowest BCUT2D eigenvalue weighted by molar-refractivity contribution is -0.125. The number of hydrogen-bond donors (Lipinski definition) is 4. The van der Waals surface area contributed by atoms with Gasteiger partial charge in [-0.25, -0.2) is 4.79 Å². The van der Waals surface area contributed by atoms with Gasteiger partial charge in [0.05, 0.1) is 6.54 Å². The Labute approximate surface area is 114 Å². The number of rotatable bonds is 5. The third-order valence-electron chi connectivity index (χ3n) is 2.31. The Kier molecular flexibility index (Phi) is 4.62. The fraction of sp³-hybridized carbons (Fsp3) is 0.500. The first kappa shape index (κ1) is 15.4. The summed E-state index contributed by atoms with van der Waals surface area (Å²) in [6.07, 6.45) is 0. The molecule has 10 nitrogen and oxygen atoms in total. The Balaban J connectivity index is 2.51. The van der Waals surface area contributed by atoms with Gasteiger partial charge in [0.15, 0.2) is 5.82 Å². The van der Waals surface area contributed by atoms with E-state index >= 15 is 0 Å². The quantitative estimate of drug-likeness (QED) is 0.516. The second kappa shape index (κ2) is 5.99. The molecular formula is C10H16N6O4. The van der Waals surface area contributed by atoms with Gasteiger partial charge in [-0.1, -0.05) is 5.16 Å². The van der Waals surface area contributed by atoms with E-state index in [1.165, 1.54) is 7.05 Å². The molecule has 0 saturated carbocycles. The summed E-state index contributed by atoms with van der Waals surface area (Å²) in [4.78, 5) is 37.5. The molecule has 1 aromatic heterocycles. The van der Waals surface area contributed by atoms with Crippen LogP contribution in [0.15, 0.2) is 4.52 Å². The van der Waals surface area contributed by atoms with Crippen molar-refractivity contribution in [3.63, 3.8) is 0 Å². The van der Waals surface area contributed by atoms with E-state index in [0.29, 0.717) is 0 Å². The Hall–Kier alpha value is -2.65. The summed E-state index contributed by atoms with van der Waals surface area (Å²) in [6, 6.07) is -0.593. The number of nitrogens with zero attached hydrogens (tertiary/aromatic N) is 2. The monoisotopic (exact) mass is 284 g/mol. The highest BCUT2D eigenvalue weighted by Gasteiger charge is 2.28. The number of carbonyl (C=O) groups excluding carboxylic acids is 3. The highest BCUT2D eigenvalue weighted by atomic mass is 16.5. The maximum Gasteiger partial charge on any atom is 0.316 e. The van der Waals surface area contributed by atoms with E-state index in [4.69, 9.17) is 5.73 Å². The SMILES string of the molecule is CNC(=O)C(C)(C)NC(=O)NCc1noc(C(N)=O)n1. The van der Waals surface area contributed by atoms with Crippen molar-refractivity contribution in [2.45, 2.75) is 25.9 Å². The Morgan fingerprint density at radius 3 is 2.50 bits per heavy atom. The van der Waals surface area contributed by atoms with E-state index < -0.39 is 17.5 Å². The average molecular weight is 284 g/mol. The van der Waals surface area contributed by atoms with Gasteiger partial charge in [0, 0.05) is 7.05 Å². The molecule has 0 aromatic carbocycles. The molecule has 0 aliphatic heterocycles. The summed E-state index contributed by atoms with van der Waals surface area (Å²) in [7, 11) is 1.47. The van der Waals surface area contributed by atoms with E-state index in [1.807, 2.05) is 0 Å². The largest absolute Gasteiger partial charge is 0.361 e. The van der Waals surface area contributed by atoms with Crippen molar-refractivity contribution < 1.29 is 18.9 Å². The van der Waals surface area contributed by atoms with Crippen LogP contribution < -0.4 is 21.7 Å². The fourth-order valence-electron chi connectivity index (χ4n) is 1.28. The van der Waals surface area contributed by atoms with Crippen molar-refractivity contribution in [2.24, 2.45) is 5.73 Å². The zero-order valence-electron chi connectivity index (χ0n) is 11.3. The molecule has 0 atom stereocenters. The lowest BCUT2D eigenvalue weighted by Gasteiger charge is -2.24. The number of amides is 4. The number of primary amides is 1. The second-order valence-electron chi connectivity index (χ2n) is 4.39. The molecule has 5 N–H and O–H groups in total. The summed E-state index contributed by atoms with van der Waals surface area (Å²) in [5, 5.41) is 10.8. The van der Waals surface area contributed by atoms with Crippen LogP contribution in [-0.2, 0) is 11.3 Å². The molecule has 0 fully saturated rings. The molecule has 0 aliphatic rings. The van der Waals surface area contributed by atoms with Crippen molar-refractivity contribution in [1.82, 2.24) is 26.1 Å². The molecule has 1 rings (SSSR count). The fourth-order valence-corrected chi connectivity index (χ4v) is 1.28. The Morgan fingerprint density at radius 2 is 2.00 bits per heavy atom. The summed E-state index contributed by atoms with van der Waals surface area (Å²) < 4.78 is 4.54. The molecule has 0 radical (unpaired) electrons. The van der Waals surface area contributed by atoms with Crippen LogP contribution in [0.25, 0.3) is 0 Å². The molecule has 0 bridgehead atoms. The molecule has 20 heavy (non-hydrogen) atoms. The number of carbonyl (C=O) groups is 3. The van der Waals surface area contributed by atoms with Gasteiger partial charge in [0.2, 0.25) is 5.91 Å². The lowest BCUT2D eigenvalue weighted by Crippen LogP contribution is -2.56. The minimum Gasteiger partial charge on any atom is -0.361 e. The number of aromatic nitrogens is 2. The van der Waals surface area contributed by atoms with Crippen molar-refractivity contribution in [2.75, 3.05) is 7.05 Å². The Bertz CT molecular complexity index is 524. The topological polar surface area (TPSA) is 152 Å². The van der Waals surface area contributed by atoms with Gasteiger partial charge >= 0.3 is 17.8 Å². The van der Waals surface area contributed by atoms with Crippen LogP contribution in [-0.4, -0.2) is 40.6 Å². The van der Waals surface area contributed by atoms with Gasteiger partial charge < -0.3 is 26.2 Å². The summed E-state index contributed by atoms with van der Waals surface area (Å²) in [5.41, 5.74) is 3.86. The third kappa shape index (κ3) is 3.93. The molecule has 4 amide bonds. The molecule has 1 heterocycles. The number of hydrogen-bond acceptors (Lipinski definition) is 6. The molecule has 0 unspecified atom stereocenters. The van der Waals surface area contributed by atoms with Crippen LogP contribution in [0.3, 0.4) is 0 Å². The predicted molar refractivity (Wildman–Crippen MR) is 66.3 cm³/mol. The van der Waals surface area contributed by atoms with E-state index in [-0.39, 0.29) is 24.2 Å². The van der Waals surface area contributed by atoms with Gasteiger partial charge in [-0.15, -0.1) is 0 Å². The predicted octanol–water partition coefficient (Wildman–Crippen LogP) is -1.51. The average Bonchev–Trinajstić information content (AvgIpc) is 2.83. The first-order chi connectivity index (χ1) is 9.26. The van der Waals surface area contributed by atoms with Gasteiger partial charge in [-0.05, 0) is 13.8 Å². The summed E-state index contributed by atoms with van der Waals surface area (Å²) >= 11 is 0. The first-order valence-corrected chi connectivity index (χ1v) is 5.67. The highest BCUT2D eigenvalue weighted by Crippen LogP contribution is 2.01. The molecular weight excluding hydrogens is 268 g/mol. The minimum absolute atomic E-state index is 0.0769. The van der Waals surface area contributed by atoms with E-state index in [1.54, 1.807) is 13.8 Å². The van der Waals surface area contributed by atoms with Crippen LogP contribution in [0.1, 0.15) is 30.4 Å². The van der Waals surface area contributed by atoms with Crippen molar-refractivity contribution in [1.29, 1.82) is 0 Å². The number of urea groups is 1. The van der Waals surface area contributed by atoms with Crippen LogP contribution in [0, 0.1) is 0 Å². The lowest BCUT2D eigenvalue weighted by atomic mass is 10.1. The van der Waals surface area contributed by atoms with Crippen molar-refractivity contribution in [3.8, 4) is 0 Å². The van der Waals surface area contributed by atoms with Gasteiger partial charge in [-0.3, -0.25) is 9.59 Å². The standard InChI is InChI=1S/C10H16N6O4/c1-10(2,8(18)12-3)15-9(19)13-4-5-14-7(6(11)17)20-16-5/h4H2,1-3H3,(H2,11,17)(H,12,18)(H2,13,15,19). The maximum atomic E-state index is 11.6. The number of nitrogens with two attached hydrogens (primary N) is 1. The van der Waals surface area contributed by atoms with Gasteiger partial charge in [0.1, 0.15) is 5.54 Å². The van der Waals surface area contributed by atoms with Crippen LogP contribution in [0.5, 0.6) is 0 Å². The Morgan fingerprint density at radius 1 is 1.35 bits per heavy atom. The zero-order chi connectivity index (χ0) is 15.3. The third-order valence-corrected chi connectivity index (χ3v) is 2.31. The summed E-state index contributed by atoms with van der Waals surface area (Å²) in [6.45, 7) is 3.02. The van der Waals surface area contributed by atoms with E-state index in [2.05, 4.69) is 30.6 Å². The normalized spacial score (nSPS) is 10.8. The molecule has 0 saturated heterocycles. The highest BCUT2D eigenvalue weighted by molar-refractivity contribution is 5.90. The summed E-state index contributed by atoms with van der Waals surface area (Å²) in [5.74, 6) is -1.45. The maximum absolute atomic E-state index is 11.6. The minimum atomic E-state index is -1.07. The number of nitrogens with one attached hydrogen (secondary N) is 3. The van der Waals surface area contributed by atoms with Crippen molar-refractivity contribution >= 4 is 17.8 Å². The molecule has 0 spiro atoms. The van der Waals surface area contributed by atoms with E-state index in [0.717, 1.165) is 0 Å². The zero-order valence-corrected chi connectivity index (χ0v) is 11.3. The molecule has 10 heteroatoms. The smallest absolute Gasteiger partial charge is 0.316 e. The first-order valence-electron chi connectivity index (χ1n) is 5.67. The van der Waals surface area contributed by atoms with Crippen LogP contribution in [0.2, 0.25) is 0 Å². The van der Waals surface area contributed by atoms with Crippen molar-refractivity contribution in [3.05, 3.63) is 11.7 Å².